The highest BCUT2D eigenvalue weighted by Crippen LogP contribution is 2.34. The molecule has 0 saturated carbocycles. The quantitative estimate of drug-likeness (QED) is 0.789. The smallest absolute Gasteiger partial charge is 0.319 e. The van der Waals surface area contributed by atoms with Crippen LogP contribution in [0.25, 0.3) is 0 Å². The lowest BCUT2D eigenvalue weighted by molar-refractivity contribution is 0.0221. The molecule has 6 nitrogen and oxygen atoms in total. The van der Waals surface area contributed by atoms with Gasteiger partial charge in [0.1, 0.15) is 5.60 Å². The van der Waals surface area contributed by atoms with E-state index in [1.165, 1.54) is 0 Å². The van der Waals surface area contributed by atoms with Gasteiger partial charge in [-0.15, -0.1) is 0 Å². The second-order valence-corrected chi connectivity index (χ2v) is 6.34. The van der Waals surface area contributed by atoms with Gasteiger partial charge in [-0.2, -0.15) is 5.10 Å². The van der Waals surface area contributed by atoms with E-state index >= 15 is 0 Å². The maximum atomic E-state index is 12.1. The zero-order valence-electron chi connectivity index (χ0n) is 14.0. The van der Waals surface area contributed by atoms with Gasteiger partial charge in [0.15, 0.2) is 0 Å². The minimum atomic E-state index is -1.00. The molecule has 128 valence electrons. The SMILES string of the molecule is CCCn1cc(NC(=O)NCC2(O)CCCc3ccccc32)cn1. The number of carbonyl (C=O) groups is 1. The van der Waals surface area contributed by atoms with E-state index in [-0.39, 0.29) is 12.6 Å². The Morgan fingerprint density at radius 2 is 2.25 bits per heavy atom. The van der Waals surface area contributed by atoms with E-state index in [1.54, 1.807) is 17.1 Å². The van der Waals surface area contributed by atoms with Gasteiger partial charge in [0.2, 0.25) is 0 Å². The van der Waals surface area contributed by atoms with Crippen molar-refractivity contribution in [3.8, 4) is 0 Å². The summed E-state index contributed by atoms with van der Waals surface area (Å²) < 4.78 is 1.79. The number of nitrogens with one attached hydrogen (secondary N) is 2. The Morgan fingerprint density at radius 1 is 1.42 bits per heavy atom. The molecule has 2 amide bonds. The molecule has 0 radical (unpaired) electrons. The number of anilines is 1. The van der Waals surface area contributed by atoms with E-state index in [9.17, 15) is 9.90 Å². The molecule has 24 heavy (non-hydrogen) atoms. The summed E-state index contributed by atoms with van der Waals surface area (Å²) in [6.45, 7) is 3.09. The van der Waals surface area contributed by atoms with Crippen molar-refractivity contribution in [2.45, 2.75) is 44.8 Å². The number of amides is 2. The molecule has 1 atom stereocenters. The first-order valence-electron chi connectivity index (χ1n) is 8.49. The number of fused-ring (bicyclic) bond motifs is 1. The molecule has 0 bridgehead atoms. The van der Waals surface area contributed by atoms with E-state index in [0.29, 0.717) is 12.1 Å². The van der Waals surface area contributed by atoms with Crippen LogP contribution in [0.4, 0.5) is 10.5 Å². The van der Waals surface area contributed by atoms with Crippen LogP contribution in [0.5, 0.6) is 0 Å². The molecule has 2 aromatic rings. The molecule has 3 N–H and O–H groups in total. The van der Waals surface area contributed by atoms with Crippen molar-refractivity contribution in [1.29, 1.82) is 0 Å². The fraction of sp³-hybridized carbons (Fsp3) is 0.444. The average Bonchev–Trinajstić information content (AvgIpc) is 3.01. The monoisotopic (exact) mass is 328 g/mol. The summed E-state index contributed by atoms with van der Waals surface area (Å²) in [6, 6.07) is 7.57. The van der Waals surface area contributed by atoms with E-state index < -0.39 is 5.60 Å². The number of hydrogen-bond acceptors (Lipinski definition) is 3. The van der Waals surface area contributed by atoms with Gasteiger partial charge in [-0.25, -0.2) is 4.79 Å². The highest BCUT2D eigenvalue weighted by atomic mass is 16.3. The first-order valence-corrected chi connectivity index (χ1v) is 8.49. The average molecular weight is 328 g/mol. The van der Waals surface area contributed by atoms with Crippen LogP contribution < -0.4 is 10.6 Å². The van der Waals surface area contributed by atoms with E-state index in [1.807, 2.05) is 24.3 Å². The summed E-state index contributed by atoms with van der Waals surface area (Å²) >= 11 is 0. The number of carbonyl (C=O) groups excluding carboxylic acids is 1. The normalized spacial score (nSPS) is 19.6. The fourth-order valence-corrected chi connectivity index (χ4v) is 3.26. The minimum absolute atomic E-state index is 0.193. The van der Waals surface area contributed by atoms with Crippen LogP contribution in [-0.2, 0) is 18.6 Å². The number of hydrogen-bond donors (Lipinski definition) is 3. The Hall–Kier alpha value is -2.34. The third-order valence-corrected chi connectivity index (χ3v) is 4.44. The summed E-state index contributed by atoms with van der Waals surface area (Å²) in [5, 5.41) is 20.7. The number of urea groups is 1. The van der Waals surface area contributed by atoms with Gasteiger partial charge in [0.25, 0.3) is 0 Å². The lowest BCUT2D eigenvalue weighted by atomic mass is 9.79. The Bertz CT molecular complexity index is 713. The summed E-state index contributed by atoms with van der Waals surface area (Å²) in [5.74, 6) is 0. The summed E-state index contributed by atoms with van der Waals surface area (Å²) in [7, 11) is 0. The zero-order valence-corrected chi connectivity index (χ0v) is 14.0. The molecular weight excluding hydrogens is 304 g/mol. The molecule has 0 spiro atoms. The Labute approximate surface area is 141 Å². The van der Waals surface area contributed by atoms with E-state index in [0.717, 1.165) is 36.9 Å². The van der Waals surface area contributed by atoms with Crippen LogP contribution in [0.2, 0.25) is 0 Å². The molecule has 0 aliphatic heterocycles. The molecule has 1 unspecified atom stereocenters. The third-order valence-electron chi connectivity index (χ3n) is 4.44. The highest BCUT2D eigenvalue weighted by Gasteiger charge is 2.34. The summed E-state index contributed by atoms with van der Waals surface area (Å²) in [6.07, 6.45) is 6.95. The second-order valence-electron chi connectivity index (χ2n) is 6.34. The van der Waals surface area contributed by atoms with Gasteiger partial charge in [-0.3, -0.25) is 4.68 Å². The van der Waals surface area contributed by atoms with Crippen LogP contribution in [-0.4, -0.2) is 27.5 Å². The van der Waals surface area contributed by atoms with Gasteiger partial charge in [0, 0.05) is 12.7 Å². The van der Waals surface area contributed by atoms with Crippen molar-refractivity contribution in [3.63, 3.8) is 0 Å². The Balaban J connectivity index is 1.60. The van der Waals surface area contributed by atoms with E-state index in [4.69, 9.17) is 0 Å². The number of aromatic nitrogens is 2. The topological polar surface area (TPSA) is 79.2 Å². The fourth-order valence-electron chi connectivity index (χ4n) is 3.26. The van der Waals surface area contributed by atoms with Crippen molar-refractivity contribution in [2.75, 3.05) is 11.9 Å². The van der Waals surface area contributed by atoms with E-state index in [2.05, 4.69) is 22.7 Å². The number of aliphatic hydroxyl groups is 1. The Kier molecular flexibility index (Phi) is 4.85. The predicted molar refractivity (Wildman–Crippen MR) is 92.8 cm³/mol. The van der Waals surface area contributed by atoms with Gasteiger partial charge in [0.05, 0.1) is 18.4 Å². The molecule has 1 aromatic heterocycles. The largest absolute Gasteiger partial charge is 0.383 e. The van der Waals surface area contributed by atoms with Crippen LogP contribution in [0, 0.1) is 0 Å². The van der Waals surface area contributed by atoms with Crippen LogP contribution in [0.15, 0.2) is 36.7 Å². The predicted octanol–water partition coefficient (Wildman–Crippen LogP) is 2.64. The van der Waals surface area contributed by atoms with Crippen molar-refractivity contribution >= 4 is 11.7 Å². The lowest BCUT2D eigenvalue weighted by Crippen LogP contribution is -2.44. The molecule has 6 heteroatoms. The molecule has 1 aliphatic carbocycles. The van der Waals surface area contributed by atoms with Crippen molar-refractivity contribution < 1.29 is 9.90 Å². The molecule has 3 rings (SSSR count). The Morgan fingerprint density at radius 3 is 3.08 bits per heavy atom. The maximum Gasteiger partial charge on any atom is 0.319 e. The summed E-state index contributed by atoms with van der Waals surface area (Å²) in [5.41, 5.74) is 1.73. The first kappa shape index (κ1) is 16.5. The minimum Gasteiger partial charge on any atom is -0.383 e. The number of nitrogens with zero attached hydrogens (tertiary/aromatic N) is 2. The van der Waals surface area contributed by atoms with Gasteiger partial charge < -0.3 is 15.7 Å². The van der Waals surface area contributed by atoms with Crippen molar-refractivity contribution in [1.82, 2.24) is 15.1 Å². The molecule has 0 saturated heterocycles. The number of aryl methyl sites for hydroxylation is 2. The third kappa shape index (κ3) is 3.59. The van der Waals surface area contributed by atoms with Crippen molar-refractivity contribution in [3.05, 3.63) is 47.8 Å². The summed E-state index contributed by atoms with van der Waals surface area (Å²) in [4.78, 5) is 12.1. The molecule has 1 heterocycles. The molecule has 0 fully saturated rings. The van der Waals surface area contributed by atoms with Crippen LogP contribution in [0.3, 0.4) is 0 Å². The first-order chi connectivity index (χ1) is 11.6. The highest BCUT2D eigenvalue weighted by molar-refractivity contribution is 5.88. The maximum absolute atomic E-state index is 12.1. The standard InChI is InChI=1S/C18H24N4O2/c1-2-10-22-12-15(11-20-22)21-17(23)19-13-18(24)9-5-7-14-6-3-4-8-16(14)18/h3-4,6,8,11-12,24H,2,5,7,9-10,13H2,1H3,(H2,19,21,23). The second kappa shape index (κ2) is 7.05. The van der Waals surface area contributed by atoms with Gasteiger partial charge in [-0.05, 0) is 36.8 Å². The van der Waals surface area contributed by atoms with Crippen molar-refractivity contribution in [2.24, 2.45) is 0 Å². The van der Waals surface area contributed by atoms with Gasteiger partial charge in [-0.1, -0.05) is 31.2 Å². The number of rotatable bonds is 5. The molecular formula is C18H24N4O2. The van der Waals surface area contributed by atoms with Gasteiger partial charge >= 0.3 is 6.03 Å². The van der Waals surface area contributed by atoms with Crippen LogP contribution in [0.1, 0.15) is 37.3 Å². The van der Waals surface area contributed by atoms with Crippen LogP contribution >= 0.6 is 0 Å². The zero-order chi connectivity index (χ0) is 17.0. The lowest BCUT2D eigenvalue weighted by Gasteiger charge is -2.34. The molecule has 1 aliphatic rings. The number of benzene rings is 1. The molecule has 1 aromatic carbocycles.